The number of thiazole rings is 2. The first-order chi connectivity index (χ1) is 18.4. The van der Waals surface area contributed by atoms with Gasteiger partial charge in [-0.1, -0.05) is 36.4 Å². The number of rotatable bonds is 5. The van der Waals surface area contributed by atoms with Crippen molar-refractivity contribution in [2.24, 2.45) is 0 Å². The molecular formula is C28H20N4O3S3. The zero-order valence-corrected chi connectivity index (χ0v) is 22.3. The van der Waals surface area contributed by atoms with Gasteiger partial charge in [0.05, 0.1) is 21.8 Å². The van der Waals surface area contributed by atoms with E-state index in [4.69, 9.17) is 4.98 Å². The van der Waals surface area contributed by atoms with Gasteiger partial charge < -0.3 is 5.11 Å². The van der Waals surface area contributed by atoms with Gasteiger partial charge in [0.1, 0.15) is 10.6 Å². The van der Waals surface area contributed by atoms with Gasteiger partial charge in [-0.25, -0.2) is 27.3 Å². The highest BCUT2D eigenvalue weighted by molar-refractivity contribution is 7.90. The van der Waals surface area contributed by atoms with E-state index in [-0.39, 0.29) is 4.90 Å². The molecule has 1 aliphatic carbocycles. The molecule has 6 aromatic rings. The minimum atomic E-state index is -3.84. The fourth-order valence-corrected chi connectivity index (χ4v) is 8.04. The summed E-state index contributed by atoms with van der Waals surface area (Å²) in [5, 5.41) is 14.9. The first-order valence-corrected chi connectivity index (χ1v) is 15.1. The fourth-order valence-electron chi connectivity index (χ4n) is 5.04. The predicted molar refractivity (Wildman–Crippen MR) is 149 cm³/mol. The minimum absolute atomic E-state index is 0.193. The molecule has 4 heterocycles. The van der Waals surface area contributed by atoms with Crippen molar-refractivity contribution in [2.75, 3.05) is 0 Å². The molecule has 1 N–H and O–H groups in total. The van der Waals surface area contributed by atoms with Gasteiger partial charge in [0, 0.05) is 39.2 Å². The fraction of sp³-hybridized carbons (Fsp3) is 0.107. The molecule has 0 amide bonds. The van der Waals surface area contributed by atoms with Gasteiger partial charge in [-0.05, 0) is 48.7 Å². The van der Waals surface area contributed by atoms with Gasteiger partial charge in [-0.3, -0.25) is 0 Å². The molecule has 1 atom stereocenters. The van der Waals surface area contributed by atoms with E-state index >= 15 is 0 Å². The maximum absolute atomic E-state index is 13.5. The first-order valence-electron chi connectivity index (χ1n) is 11.9. The lowest BCUT2D eigenvalue weighted by Gasteiger charge is -2.23. The van der Waals surface area contributed by atoms with Crippen molar-refractivity contribution in [2.45, 2.75) is 23.3 Å². The molecule has 38 heavy (non-hydrogen) atoms. The largest absolute Gasteiger partial charge is 0.379 e. The molecule has 0 bridgehead atoms. The number of aryl methyl sites for hydroxylation is 1. The number of aliphatic hydroxyl groups is 1. The molecular weight excluding hydrogens is 537 g/mol. The van der Waals surface area contributed by atoms with Crippen molar-refractivity contribution in [1.29, 1.82) is 0 Å². The smallest absolute Gasteiger partial charge is 0.269 e. The van der Waals surface area contributed by atoms with Gasteiger partial charge in [0.25, 0.3) is 10.0 Å². The molecule has 1 aliphatic rings. The van der Waals surface area contributed by atoms with E-state index < -0.39 is 15.6 Å². The Hall–Kier alpha value is -3.70. The first kappa shape index (κ1) is 23.4. The van der Waals surface area contributed by atoms with E-state index in [9.17, 15) is 13.5 Å². The van der Waals surface area contributed by atoms with Crippen molar-refractivity contribution >= 4 is 43.7 Å². The summed E-state index contributed by atoms with van der Waals surface area (Å²) in [6.07, 6.45) is 4.60. The molecule has 4 aromatic heterocycles. The van der Waals surface area contributed by atoms with Crippen LogP contribution in [0.25, 0.3) is 32.9 Å². The number of aromatic nitrogens is 4. The van der Waals surface area contributed by atoms with Crippen LogP contribution in [0.15, 0.2) is 94.9 Å². The average Bonchev–Trinajstić information content (AvgIpc) is 3.74. The molecule has 0 radical (unpaired) electrons. The average molecular weight is 557 g/mol. The third kappa shape index (κ3) is 3.56. The van der Waals surface area contributed by atoms with Crippen molar-refractivity contribution in [3.8, 4) is 21.8 Å². The van der Waals surface area contributed by atoms with E-state index in [0.29, 0.717) is 28.7 Å². The molecule has 7 nitrogen and oxygen atoms in total. The summed E-state index contributed by atoms with van der Waals surface area (Å²) in [6.45, 7) is 0. The van der Waals surface area contributed by atoms with Crippen LogP contribution in [-0.2, 0) is 22.0 Å². The van der Waals surface area contributed by atoms with Crippen molar-refractivity contribution < 1.29 is 13.5 Å². The normalized spacial score (nSPS) is 17.2. The molecule has 0 unspecified atom stereocenters. The van der Waals surface area contributed by atoms with E-state index in [1.165, 1.54) is 15.3 Å². The zero-order chi connectivity index (χ0) is 25.9. The molecule has 2 aromatic carbocycles. The summed E-state index contributed by atoms with van der Waals surface area (Å²) in [5.74, 6) is 0. The highest BCUT2D eigenvalue weighted by atomic mass is 32.2. The number of hydrogen-bond donors (Lipinski definition) is 1. The van der Waals surface area contributed by atoms with E-state index in [0.717, 1.165) is 33.1 Å². The van der Waals surface area contributed by atoms with Gasteiger partial charge >= 0.3 is 0 Å². The van der Waals surface area contributed by atoms with Gasteiger partial charge in [-0.15, -0.1) is 22.7 Å². The number of benzene rings is 2. The Morgan fingerprint density at radius 2 is 1.84 bits per heavy atom. The van der Waals surface area contributed by atoms with Gasteiger partial charge in [-0.2, -0.15) is 0 Å². The van der Waals surface area contributed by atoms with Crippen LogP contribution >= 0.6 is 22.7 Å². The molecule has 0 spiro atoms. The number of hydrogen-bond acceptors (Lipinski definition) is 8. The summed E-state index contributed by atoms with van der Waals surface area (Å²) in [6, 6.07) is 19.8. The zero-order valence-electron chi connectivity index (χ0n) is 19.9. The van der Waals surface area contributed by atoms with Gasteiger partial charge in [0.2, 0.25) is 0 Å². The lowest BCUT2D eigenvalue weighted by molar-refractivity contribution is 0.0790. The summed E-state index contributed by atoms with van der Waals surface area (Å²) in [5.41, 5.74) is 4.82. The molecule has 0 fully saturated rings. The summed E-state index contributed by atoms with van der Waals surface area (Å²) in [4.78, 5) is 15.0. The van der Waals surface area contributed by atoms with Crippen LogP contribution in [0.3, 0.4) is 0 Å². The third-order valence-electron chi connectivity index (χ3n) is 6.95. The van der Waals surface area contributed by atoms with E-state index in [1.807, 2.05) is 35.7 Å². The molecule has 0 aliphatic heterocycles. The second-order valence-corrected chi connectivity index (χ2v) is 12.7. The van der Waals surface area contributed by atoms with Crippen LogP contribution in [0.1, 0.15) is 22.6 Å². The van der Waals surface area contributed by atoms with Crippen LogP contribution in [0.4, 0.5) is 0 Å². The summed E-state index contributed by atoms with van der Waals surface area (Å²) < 4.78 is 28.1. The van der Waals surface area contributed by atoms with E-state index in [1.54, 1.807) is 65.6 Å². The van der Waals surface area contributed by atoms with Crippen LogP contribution < -0.4 is 0 Å². The monoisotopic (exact) mass is 556 g/mol. The van der Waals surface area contributed by atoms with Crippen LogP contribution in [-0.4, -0.2) is 32.4 Å². The maximum atomic E-state index is 13.5. The molecule has 0 saturated carbocycles. The molecule has 188 valence electrons. The molecule has 10 heteroatoms. The number of nitrogens with zero attached hydrogens (tertiary/aromatic N) is 4. The van der Waals surface area contributed by atoms with Crippen LogP contribution in [0.5, 0.6) is 0 Å². The van der Waals surface area contributed by atoms with Gasteiger partial charge in [0.15, 0.2) is 5.65 Å². The van der Waals surface area contributed by atoms with Crippen molar-refractivity contribution in [3.63, 3.8) is 0 Å². The van der Waals surface area contributed by atoms with Crippen LogP contribution in [0, 0.1) is 0 Å². The molecule has 7 rings (SSSR count). The Balaban J connectivity index is 1.30. The van der Waals surface area contributed by atoms with Crippen molar-refractivity contribution in [1.82, 2.24) is 18.9 Å². The summed E-state index contributed by atoms with van der Waals surface area (Å²) >= 11 is 3.05. The predicted octanol–water partition coefficient (Wildman–Crippen LogP) is 5.70. The Kier molecular flexibility index (Phi) is 5.34. The highest BCUT2D eigenvalue weighted by Gasteiger charge is 2.41. The Morgan fingerprint density at radius 1 is 0.974 bits per heavy atom. The third-order valence-corrected chi connectivity index (χ3v) is 10.4. The molecule has 0 saturated heterocycles. The lowest BCUT2D eigenvalue weighted by atomic mass is 9.90. The Labute approximate surface area is 226 Å². The Bertz CT molecular complexity index is 1930. The maximum Gasteiger partial charge on any atom is 0.269 e. The highest BCUT2D eigenvalue weighted by Crippen LogP contribution is 2.44. The second kappa shape index (κ2) is 8.67. The topological polar surface area (TPSA) is 98.0 Å². The van der Waals surface area contributed by atoms with Crippen LogP contribution in [0.2, 0.25) is 0 Å². The Morgan fingerprint density at radius 3 is 2.71 bits per heavy atom. The second-order valence-electron chi connectivity index (χ2n) is 9.13. The van der Waals surface area contributed by atoms with E-state index in [2.05, 4.69) is 9.97 Å². The number of pyridine rings is 1. The SMILES string of the molecule is O=S(=O)(c1ccccc1)n1cc(-c2csc(-c3cccc([C@]4(O)CCc5scnc54)c3)n2)c2cccnc21. The standard InChI is InChI=1S/C28H20N4O3S3/c33-28(12-11-24-25(28)30-17-37-24)19-7-4-6-18(14-19)27-31-23(16-36-27)22-15-32(26-21(22)10-5-13-29-26)38(34,35)20-8-2-1-3-9-20/h1-10,13-17,33H,11-12H2/t28-/m1/s1. The minimum Gasteiger partial charge on any atom is -0.379 e. The number of fused-ring (bicyclic) bond motifs is 2. The van der Waals surface area contributed by atoms with Crippen molar-refractivity contribution in [3.05, 3.63) is 106 Å². The summed E-state index contributed by atoms with van der Waals surface area (Å²) in [7, 11) is -3.84. The lowest BCUT2D eigenvalue weighted by Crippen LogP contribution is -2.24. The quantitative estimate of drug-likeness (QED) is 0.292.